The second-order valence-electron chi connectivity index (χ2n) is 3.47. The van der Waals surface area contributed by atoms with Gasteiger partial charge in [0.15, 0.2) is 0 Å². The Morgan fingerprint density at radius 1 is 1.50 bits per heavy atom. The molecule has 5 heteroatoms. The van der Waals surface area contributed by atoms with Crippen molar-refractivity contribution in [3.63, 3.8) is 0 Å². The number of nitrogens with two attached hydrogens (primary N) is 1. The number of hydrogen-bond donors (Lipinski definition) is 2. The van der Waals surface area contributed by atoms with Gasteiger partial charge in [-0.1, -0.05) is 0 Å². The van der Waals surface area contributed by atoms with Crippen LogP contribution in [0.5, 0.6) is 0 Å². The number of carboxylic acids is 1. The smallest absolute Gasteiger partial charge is 0.354 e. The predicted molar refractivity (Wildman–Crippen MR) is 57.8 cm³/mol. The summed E-state index contributed by atoms with van der Waals surface area (Å²) in [4.78, 5) is 14.6. The first-order valence-corrected chi connectivity index (χ1v) is 4.59. The number of anilines is 1. The molecule has 1 heterocycles. The lowest BCUT2D eigenvalue weighted by Gasteiger charge is -2.06. The maximum atomic E-state index is 13.3. The van der Waals surface area contributed by atoms with E-state index in [-0.39, 0.29) is 11.4 Å². The first kappa shape index (κ1) is 10.4. The molecule has 0 aliphatic heterocycles. The predicted octanol–water partition coefficient (Wildman–Crippen LogP) is 1.96. The van der Waals surface area contributed by atoms with Gasteiger partial charge in [-0.2, -0.15) is 0 Å². The number of nitrogen functional groups attached to an aromatic ring is 1. The Morgan fingerprint density at radius 2 is 2.19 bits per heavy atom. The van der Waals surface area contributed by atoms with E-state index >= 15 is 0 Å². The third-order valence-corrected chi connectivity index (χ3v) is 2.43. The van der Waals surface area contributed by atoms with Crippen molar-refractivity contribution in [1.29, 1.82) is 0 Å². The molecule has 0 saturated carbocycles. The topological polar surface area (TPSA) is 76.2 Å². The van der Waals surface area contributed by atoms with E-state index in [9.17, 15) is 9.18 Å². The number of benzene rings is 1. The molecule has 4 nitrogen and oxygen atoms in total. The first-order valence-electron chi connectivity index (χ1n) is 4.59. The van der Waals surface area contributed by atoms with Crippen LogP contribution >= 0.6 is 0 Å². The van der Waals surface area contributed by atoms with E-state index in [1.54, 1.807) is 6.92 Å². The standard InChI is InChI=1S/C11H9FN2O2/c1-5-6-2-3-9(11(15)16)14-10(6)8(13)4-7(5)12/h2-4H,13H2,1H3,(H,15,16). The third kappa shape index (κ3) is 1.46. The second-order valence-corrected chi connectivity index (χ2v) is 3.47. The summed E-state index contributed by atoms with van der Waals surface area (Å²) in [6, 6.07) is 3.99. The molecule has 0 amide bonds. The Hall–Kier alpha value is -2.17. The molecule has 0 atom stereocenters. The van der Waals surface area contributed by atoms with E-state index in [0.717, 1.165) is 6.07 Å². The number of carbonyl (C=O) groups is 1. The highest BCUT2D eigenvalue weighted by Gasteiger charge is 2.11. The number of aryl methyl sites for hydroxylation is 1. The number of fused-ring (bicyclic) bond motifs is 1. The van der Waals surface area contributed by atoms with Crippen molar-refractivity contribution in [2.24, 2.45) is 0 Å². The van der Waals surface area contributed by atoms with Crippen LogP contribution in [0.4, 0.5) is 10.1 Å². The molecule has 3 N–H and O–H groups in total. The lowest BCUT2D eigenvalue weighted by molar-refractivity contribution is 0.0691. The van der Waals surface area contributed by atoms with E-state index in [0.29, 0.717) is 16.5 Å². The fourth-order valence-electron chi connectivity index (χ4n) is 1.54. The molecule has 2 rings (SSSR count). The van der Waals surface area contributed by atoms with Crippen molar-refractivity contribution in [2.75, 3.05) is 5.73 Å². The maximum Gasteiger partial charge on any atom is 0.354 e. The molecule has 0 radical (unpaired) electrons. The lowest BCUT2D eigenvalue weighted by Crippen LogP contribution is -2.02. The van der Waals surface area contributed by atoms with Gasteiger partial charge in [0.2, 0.25) is 0 Å². The fourth-order valence-corrected chi connectivity index (χ4v) is 1.54. The Bertz CT molecular complexity index is 596. The molecule has 0 unspecified atom stereocenters. The summed E-state index contributed by atoms with van der Waals surface area (Å²) in [5.74, 6) is -1.56. The van der Waals surface area contributed by atoms with Gasteiger partial charge in [0.1, 0.15) is 11.5 Å². The number of aromatic nitrogens is 1. The van der Waals surface area contributed by atoms with Gasteiger partial charge in [-0.25, -0.2) is 14.2 Å². The molecule has 82 valence electrons. The van der Waals surface area contributed by atoms with Crippen LogP contribution in [0.25, 0.3) is 10.9 Å². The monoisotopic (exact) mass is 220 g/mol. The number of hydrogen-bond acceptors (Lipinski definition) is 3. The molecule has 1 aromatic carbocycles. The number of aromatic carboxylic acids is 1. The van der Waals surface area contributed by atoms with Gasteiger partial charge in [-0.3, -0.25) is 0 Å². The molecule has 1 aromatic heterocycles. The molecule has 0 spiro atoms. The van der Waals surface area contributed by atoms with Crippen molar-refractivity contribution < 1.29 is 14.3 Å². The van der Waals surface area contributed by atoms with Crippen LogP contribution in [0.1, 0.15) is 16.1 Å². The highest BCUT2D eigenvalue weighted by atomic mass is 19.1. The molecular formula is C11H9FN2O2. The molecule has 0 fully saturated rings. The van der Waals surface area contributed by atoms with Crippen molar-refractivity contribution in [3.05, 3.63) is 35.3 Å². The Labute approximate surface area is 90.5 Å². The van der Waals surface area contributed by atoms with Gasteiger partial charge in [-0.05, 0) is 30.7 Å². The van der Waals surface area contributed by atoms with E-state index < -0.39 is 11.8 Å². The SMILES string of the molecule is Cc1c(F)cc(N)c2nc(C(=O)O)ccc12. The van der Waals surface area contributed by atoms with Crippen LogP contribution in [-0.2, 0) is 0 Å². The van der Waals surface area contributed by atoms with E-state index in [2.05, 4.69) is 4.98 Å². The highest BCUT2D eigenvalue weighted by Crippen LogP contribution is 2.25. The van der Waals surface area contributed by atoms with Gasteiger partial charge in [-0.15, -0.1) is 0 Å². The number of rotatable bonds is 1. The number of carboxylic acid groups (broad SMARTS) is 1. The fraction of sp³-hybridized carbons (Fsp3) is 0.0909. The van der Waals surface area contributed by atoms with Gasteiger partial charge in [0.25, 0.3) is 0 Å². The minimum atomic E-state index is -1.14. The summed E-state index contributed by atoms with van der Waals surface area (Å²) in [6.07, 6.45) is 0. The zero-order chi connectivity index (χ0) is 11.9. The van der Waals surface area contributed by atoms with Crippen LogP contribution < -0.4 is 5.73 Å². The largest absolute Gasteiger partial charge is 0.477 e. The third-order valence-electron chi connectivity index (χ3n) is 2.43. The zero-order valence-corrected chi connectivity index (χ0v) is 8.49. The van der Waals surface area contributed by atoms with Crippen molar-refractivity contribution in [2.45, 2.75) is 6.92 Å². The van der Waals surface area contributed by atoms with Crippen LogP contribution in [0.15, 0.2) is 18.2 Å². The number of nitrogens with zero attached hydrogens (tertiary/aromatic N) is 1. The van der Waals surface area contributed by atoms with Crippen molar-refractivity contribution >= 4 is 22.6 Å². The Kier molecular flexibility index (Phi) is 2.23. The van der Waals surface area contributed by atoms with Crippen molar-refractivity contribution in [1.82, 2.24) is 4.98 Å². The van der Waals surface area contributed by atoms with Gasteiger partial charge < -0.3 is 10.8 Å². The van der Waals surface area contributed by atoms with Crippen LogP contribution in [-0.4, -0.2) is 16.1 Å². The molecule has 0 bridgehead atoms. The minimum Gasteiger partial charge on any atom is -0.477 e. The molecule has 0 saturated heterocycles. The summed E-state index contributed by atoms with van der Waals surface area (Å²) in [5, 5.41) is 9.31. The normalized spacial score (nSPS) is 10.6. The molecular weight excluding hydrogens is 211 g/mol. The van der Waals surface area contributed by atoms with Crippen molar-refractivity contribution in [3.8, 4) is 0 Å². The quantitative estimate of drug-likeness (QED) is 0.720. The first-order chi connectivity index (χ1) is 7.50. The van der Waals surface area contributed by atoms with Gasteiger partial charge in [0.05, 0.1) is 11.2 Å². The van der Waals surface area contributed by atoms with Crippen LogP contribution in [0, 0.1) is 12.7 Å². The van der Waals surface area contributed by atoms with E-state index in [1.807, 2.05) is 0 Å². The number of halogens is 1. The average molecular weight is 220 g/mol. The van der Waals surface area contributed by atoms with Crippen LogP contribution in [0.3, 0.4) is 0 Å². The maximum absolute atomic E-state index is 13.3. The van der Waals surface area contributed by atoms with Gasteiger partial charge in [0, 0.05) is 5.39 Å². The molecule has 2 aromatic rings. The molecule has 0 aliphatic rings. The molecule has 0 aliphatic carbocycles. The summed E-state index contributed by atoms with van der Waals surface area (Å²) >= 11 is 0. The minimum absolute atomic E-state index is 0.106. The summed E-state index contributed by atoms with van der Waals surface area (Å²) in [7, 11) is 0. The average Bonchev–Trinajstić information content (AvgIpc) is 2.25. The van der Waals surface area contributed by atoms with E-state index in [1.165, 1.54) is 12.1 Å². The second kappa shape index (κ2) is 3.44. The Balaban J connectivity index is 2.84. The Morgan fingerprint density at radius 3 is 2.81 bits per heavy atom. The zero-order valence-electron chi connectivity index (χ0n) is 8.49. The summed E-state index contributed by atoms with van der Waals surface area (Å²) in [6.45, 7) is 1.60. The summed E-state index contributed by atoms with van der Waals surface area (Å²) in [5.41, 5.74) is 6.36. The number of pyridine rings is 1. The lowest BCUT2D eigenvalue weighted by atomic mass is 10.1. The van der Waals surface area contributed by atoms with E-state index in [4.69, 9.17) is 10.8 Å². The van der Waals surface area contributed by atoms with Crippen LogP contribution in [0.2, 0.25) is 0 Å². The molecule has 16 heavy (non-hydrogen) atoms. The highest BCUT2D eigenvalue weighted by molar-refractivity contribution is 5.95. The van der Waals surface area contributed by atoms with Gasteiger partial charge >= 0.3 is 5.97 Å². The summed E-state index contributed by atoms with van der Waals surface area (Å²) < 4.78 is 13.3.